The summed E-state index contributed by atoms with van der Waals surface area (Å²) in [6.07, 6.45) is 0.946. The summed E-state index contributed by atoms with van der Waals surface area (Å²) in [7, 11) is 0. The Morgan fingerprint density at radius 1 is 1.42 bits per heavy atom. The number of nitrogens with one attached hydrogen (secondary N) is 1. The van der Waals surface area contributed by atoms with Gasteiger partial charge in [-0.1, -0.05) is 6.92 Å². The van der Waals surface area contributed by atoms with Gasteiger partial charge in [0.2, 0.25) is 0 Å². The Morgan fingerprint density at radius 2 is 2.00 bits per heavy atom. The molecule has 4 N–H and O–H groups in total. The molecule has 0 saturated carbocycles. The van der Waals surface area contributed by atoms with Gasteiger partial charge >= 0.3 is 0 Å². The predicted octanol–water partition coefficient (Wildman–Crippen LogP) is 1.83. The Hall–Kier alpha value is -1.69. The average molecular weight is 272 g/mol. The molecule has 6 heteroatoms. The van der Waals surface area contributed by atoms with Crippen LogP contribution in [0.5, 0.6) is 0 Å². The van der Waals surface area contributed by atoms with Gasteiger partial charge in [-0.2, -0.15) is 0 Å². The number of aliphatic hydroxyl groups is 1. The molecule has 1 atom stereocenters. The van der Waals surface area contributed by atoms with E-state index in [1.165, 1.54) is 0 Å². The number of carbonyl (C=O) groups is 1. The third-order valence-electron chi connectivity index (χ3n) is 3.20. The van der Waals surface area contributed by atoms with Crippen LogP contribution in [0, 0.1) is 11.6 Å². The van der Waals surface area contributed by atoms with Crippen LogP contribution in [-0.4, -0.2) is 23.2 Å². The lowest BCUT2D eigenvalue weighted by atomic mass is 9.94. The van der Waals surface area contributed by atoms with E-state index in [0.29, 0.717) is 12.8 Å². The molecule has 0 aliphatic heterocycles. The number of hydrogen-bond acceptors (Lipinski definition) is 3. The number of amides is 1. The molecule has 0 heterocycles. The van der Waals surface area contributed by atoms with Crippen LogP contribution in [0.3, 0.4) is 0 Å². The minimum Gasteiger partial charge on any atom is -0.398 e. The van der Waals surface area contributed by atoms with Crippen LogP contribution in [0.25, 0.3) is 0 Å². The molecule has 1 amide bonds. The molecule has 0 bridgehead atoms. The van der Waals surface area contributed by atoms with Crippen molar-refractivity contribution in [3.63, 3.8) is 0 Å². The first-order chi connectivity index (χ1) is 8.83. The quantitative estimate of drug-likeness (QED) is 0.716. The van der Waals surface area contributed by atoms with Gasteiger partial charge in [-0.3, -0.25) is 4.79 Å². The number of nitrogen functional groups attached to an aromatic ring is 1. The van der Waals surface area contributed by atoms with Crippen LogP contribution in [-0.2, 0) is 0 Å². The largest absolute Gasteiger partial charge is 0.398 e. The molecule has 0 radical (unpaired) electrons. The molecule has 1 aromatic carbocycles. The summed E-state index contributed by atoms with van der Waals surface area (Å²) in [6.45, 7) is 3.53. The number of carbonyl (C=O) groups excluding carboxylic acids is 1. The van der Waals surface area contributed by atoms with E-state index in [-0.39, 0.29) is 17.9 Å². The molecule has 19 heavy (non-hydrogen) atoms. The molecule has 1 aromatic rings. The Morgan fingerprint density at radius 3 is 2.53 bits per heavy atom. The number of nitrogens with two attached hydrogens (primary N) is 1. The van der Waals surface area contributed by atoms with Crippen molar-refractivity contribution in [2.75, 3.05) is 12.3 Å². The van der Waals surface area contributed by atoms with Crippen LogP contribution in [0.2, 0.25) is 0 Å². The summed E-state index contributed by atoms with van der Waals surface area (Å²) in [5.41, 5.74) is 4.65. The SMILES string of the molecule is CCC(C)(CCO)NC(=O)c1cc(F)c(F)cc1N. The molecule has 106 valence electrons. The van der Waals surface area contributed by atoms with E-state index in [9.17, 15) is 13.6 Å². The van der Waals surface area contributed by atoms with E-state index in [0.717, 1.165) is 12.1 Å². The predicted molar refractivity (Wildman–Crippen MR) is 68.6 cm³/mol. The lowest BCUT2D eigenvalue weighted by molar-refractivity contribution is 0.0886. The molecular weight excluding hydrogens is 254 g/mol. The van der Waals surface area contributed by atoms with Gasteiger partial charge in [-0.05, 0) is 25.8 Å². The molecule has 0 spiro atoms. The maximum absolute atomic E-state index is 13.1. The Kier molecular flexibility index (Phi) is 4.83. The maximum atomic E-state index is 13.1. The van der Waals surface area contributed by atoms with Crippen molar-refractivity contribution in [2.24, 2.45) is 0 Å². The number of anilines is 1. The first-order valence-corrected chi connectivity index (χ1v) is 6.01. The minimum atomic E-state index is -1.13. The monoisotopic (exact) mass is 272 g/mol. The summed E-state index contributed by atoms with van der Waals surface area (Å²) in [5, 5.41) is 11.6. The smallest absolute Gasteiger partial charge is 0.253 e. The fourth-order valence-electron chi connectivity index (χ4n) is 1.67. The highest BCUT2D eigenvalue weighted by Gasteiger charge is 2.25. The lowest BCUT2D eigenvalue weighted by Gasteiger charge is -2.29. The van der Waals surface area contributed by atoms with E-state index in [1.54, 1.807) is 6.92 Å². The highest BCUT2D eigenvalue weighted by atomic mass is 19.2. The number of halogens is 2. The second-order valence-electron chi connectivity index (χ2n) is 4.70. The van der Waals surface area contributed by atoms with Crippen LogP contribution >= 0.6 is 0 Å². The van der Waals surface area contributed by atoms with Crippen molar-refractivity contribution in [3.05, 3.63) is 29.3 Å². The van der Waals surface area contributed by atoms with Crippen molar-refractivity contribution in [2.45, 2.75) is 32.2 Å². The normalized spacial score (nSPS) is 13.9. The number of aliphatic hydroxyl groups excluding tert-OH is 1. The second kappa shape index (κ2) is 5.97. The fraction of sp³-hybridized carbons (Fsp3) is 0.462. The molecule has 4 nitrogen and oxygen atoms in total. The van der Waals surface area contributed by atoms with Gasteiger partial charge in [0, 0.05) is 23.9 Å². The van der Waals surface area contributed by atoms with Crippen LogP contribution < -0.4 is 11.1 Å². The second-order valence-corrected chi connectivity index (χ2v) is 4.70. The van der Waals surface area contributed by atoms with Crippen molar-refractivity contribution in [1.29, 1.82) is 0 Å². The third-order valence-corrected chi connectivity index (χ3v) is 3.20. The number of hydrogen-bond donors (Lipinski definition) is 3. The highest BCUT2D eigenvalue weighted by Crippen LogP contribution is 2.20. The van der Waals surface area contributed by atoms with Gasteiger partial charge in [0.1, 0.15) is 0 Å². The summed E-state index contributed by atoms with van der Waals surface area (Å²) in [6, 6.07) is 1.55. The Balaban J connectivity index is 2.98. The van der Waals surface area contributed by atoms with Crippen molar-refractivity contribution >= 4 is 11.6 Å². The van der Waals surface area contributed by atoms with Crippen molar-refractivity contribution in [3.8, 4) is 0 Å². The maximum Gasteiger partial charge on any atom is 0.253 e. The zero-order valence-corrected chi connectivity index (χ0v) is 11.0. The van der Waals surface area contributed by atoms with E-state index in [4.69, 9.17) is 10.8 Å². The third kappa shape index (κ3) is 3.64. The van der Waals surface area contributed by atoms with Crippen molar-refractivity contribution in [1.82, 2.24) is 5.32 Å². The highest BCUT2D eigenvalue weighted by molar-refractivity contribution is 5.99. The van der Waals surface area contributed by atoms with Gasteiger partial charge in [0.15, 0.2) is 11.6 Å². The van der Waals surface area contributed by atoms with Crippen molar-refractivity contribution < 1.29 is 18.7 Å². The van der Waals surface area contributed by atoms with E-state index in [2.05, 4.69) is 5.32 Å². The van der Waals surface area contributed by atoms with E-state index >= 15 is 0 Å². The molecule has 0 fully saturated rings. The molecule has 0 aromatic heterocycles. The zero-order valence-electron chi connectivity index (χ0n) is 11.0. The van der Waals surface area contributed by atoms with E-state index < -0.39 is 23.1 Å². The minimum absolute atomic E-state index is 0.0854. The van der Waals surface area contributed by atoms with Crippen LogP contribution in [0.4, 0.5) is 14.5 Å². The molecule has 0 saturated heterocycles. The molecule has 1 rings (SSSR count). The number of rotatable bonds is 5. The zero-order chi connectivity index (χ0) is 14.6. The Labute approximate surface area is 110 Å². The first kappa shape index (κ1) is 15.4. The average Bonchev–Trinajstić information content (AvgIpc) is 2.33. The molecule has 0 aliphatic carbocycles. The lowest BCUT2D eigenvalue weighted by Crippen LogP contribution is -2.46. The summed E-state index contributed by atoms with van der Waals surface area (Å²) in [4.78, 5) is 12.0. The number of benzene rings is 1. The summed E-state index contributed by atoms with van der Waals surface area (Å²) < 4.78 is 26.1. The fourth-order valence-corrected chi connectivity index (χ4v) is 1.67. The van der Waals surface area contributed by atoms with Gasteiger partial charge in [0.25, 0.3) is 5.91 Å². The summed E-state index contributed by atoms with van der Waals surface area (Å²) in [5.74, 6) is -2.81. The first-order valence-electron chi connectivity index (χ1n) is 6.01. The van der Waals surface area contributed by atoms with Gasteiger partial charge in [-0.15, -0.1) is 0 Å². The standard InChI is InChI=1S/C13H18F2N2O2/c1-3-13(2,4-5-18)17-12(19)8-6-9(14)10(15)7-11(8)16/h6-7,18H,3-5,16H2,1-2H3,(H,17,19). The van der Waals surface area contributed by atoms with Gasteiger partial charge < -0.3 is 16.2 Å². The Bertz CT molecular complexity index is 480. The van der Waals surface area contributed by atoms with Gasteiger partial charge in [-0.25, -0.2) is 8.78 Å². The van der Waals surface area contributed by atoms with Gasteiger partial charge in [0.05, 0.1) is 5.56 Å². The van der Waals surface area contributed by atoms with Crippen LogP contribution in [0.1, 0.15) is 37.0 Å². The topological polar surface area (TPSA) is 75.3 Å². The summed E-state index contributed by atoms with van der Waals surface area (Å²) >= 11 is 0. The molecule has 1 unspecified atom stereocenters. The molecule has 0 aliphatic rings. The van der Waals surface area contributed by atoms with E-state index in [1.807, 2.05) is 6.92 Å². The molecular formula is C13H18F2N2O2. The van der Waals surface area contributed by atoms with Crippen LogP contribution in [0.15, 0.2) is 12.1 Å².